The van der Waals surface area contributed by atoms with Crippen LogP contribution >= 0.6 is 0 Å². The van der Waals surface area contributed by atoms with Crippen LogP contribution in [0.1, 0.15) is 30.5 Å². The number of rotatable bonds is 5. The first-order valence-electron chi connectivity index (χ1n) is 6.00. The fraction of sp³-hybridized carbons (Fsp3) is 0.538. The Morgan fingerprint density at radius 3 is 3.19 bits per heavy atom. The molecule has 88 valence electrons. The molecule has 0 radical (unpaired) electrons. The Labute approximate surface area is 97.0 Å². The molecule has 0 bridgehead atoms. The van der Waals surface area contributed by atoms with Crippen LogP contribution in [-0.4, -0.2) is 19.7 Å². The highest BCUT2D eigenvalue weighted by atomic mass is 16.5. The predicted octanol–water partition coefficient (Wildman–Crippen LogP) is 1.62. The molecule has 16 heavy (non-hydrogen) atoms. The summed E-state index contributed by atoms with van der Waals surface area (Å²) in [7, 11) is 0. The van der Waals surface area contributed by atoms with Gasteiger partial charge in [0.15, 0.2) is 0 Å². The van der Waals surface area contributed by atoms with Gasteiger partial charge in [-0.3, -0.25) is 0 Å². The first-order chi connectivity index (χ1) is 7.81. The maximum atomic E-state index is 5.49. The van der Waals surface area contributed by atoms with Gasteiger partial charge in [-0.05, 0) is 43.6 Å². The summed E-state index contributed by atoms with van der Waals surface area (Å²) in [6.45, 7) is 4.74. The molecule has 3 N–H and O–H groups in total. The van der Waals surface area contributed by atoms with Gasteiger partial charge in [-0.1, -0.05) is 12.1 Å². The van der Waals surface area contributed by atoms with Crippen LogP contribution in [0.2, 0.25) is 0 Å². The van der Waals surface area contributed by atoms with Gasteiger partial charge in [-0.25, -0.2) is 0 Å². The van der Waals surface area contributed by atoms with Crippen molar-refractivity contribution in [3.05, 3.63) is 29.3 Å². The number of fused-ring (bicyclic) bond motifs is 1. The molecule has 0 aromatic heterocycles. The smallest absolute Gasteiger partial charge is 0.122 e. The van der Waals surface area contributed by atoms with Crippen LogP contribution in [0.5, 0.6) is 5.75 Å². The molecule has 1 aromatic rings. The van der Waals surface area contributed by atoms with Gasteiger partial charge in [0.25, 0.3) is 0 Å². The Morgan fingerprint density at radius 2 is 2.38 bits per heavy atom. The van der Waals surface area contributed by atoms with E-state index < -0.39 is 0 Å². The zero-order chi connectivity index (χ0) is 11.4. The van der Waals surface area contributed by atoms with Crippen molar-refractivity contribution in [2.45, 2.75) is 25.8 Å². The summed E-state index contributed by atoms with van der Waals surface area (Å²) in [6, 6.07) is 6.86. The van der Waals surface area contributed by atoms with Crippen LogP contribution in [0.15, 0.2) is 18.2 Å². The third-order valence-electron chi connectivity index (χ3n) is 3.04. The summed E-state index contributed by atoms with van der Waals surface area (Å²) in [5.74, 6) is 1.05. The van der Waals surface area contributed by atoms with Crippen molar-refractivity contribution < 1.29 is 4.74 Å². The highest BCUT2D eigenvalue weighted by Crippen LogP contribution is 2.27. The zero-order valence-corrected chi connectivity index (χ0v) is 9.83. The third kappa shape index (κ3) is 2.54. The van der Waals surface area contributed by atoms with E-state index >= 15 is 0 Å². The van der Waals surface area contributed by atoms with Gasteiger partial charge >= 0.3 is 0 Å². The van der Waals surface area contributed by atoms with E-state index in [1.807, 2.05) is 0 Å². The second-order valence-corrected chi connectivity index (χ2v) is 4.28. The van der Waals surface area contributed by atoms with Gasteiger partial charge in [-0.2, -0.15) is 0 Å². The Hall–Kier alpha value is -1.06. The Balaban J connectivity index is 1.98. The molecule has 1 aromatic carbocycles. The molecule has 1 heterocycles. The third-order valence-corrected chi connectivity index (χ3v) is 3.04. The molecule has 0 amide bonds. The average Bonchev–Trinajstić information content (AvgIpc) is 2.76. The molecule has 0 aliphatic carbocycles. The molecule has 3 heteroatoms. The molecule has 1 aliphatic rings. The highest BCUT2D eigenvalue weighted by molar-refractivity contribution is 5.40. The van der Waals surface area contributed by atoms with Crippen molar-refractivity contribution in [2.24, 2.45) is 5.73 Å². The largest absolute Gasteiger partial charge is 0.493 e. The Kier molecular flexibility index (Phi) is 3.80. The summed E-state index contributed by atoms with van der Waals surface area (Å²) in [5.41, 5.74) is 8.14. The van der Waals surface area contributed by atoms with E-state index in [9.17, 15) is 0 Å². The summed E-state index contributed by atoms with van der Waals surface area (Å²) in [5, 5.41) is 3.47. The standard InChI is InChI=1S/C13H20N2O/c1-10(15-7-2-6-14)11-3-4-13-12(9-11)5-8-16-13/h3-4,9-10,15H,2,5-8,14H2,1H3. The topological polar surface area (TPSA) is 47.3 Å². The maximum Gasteiger partial charge on any atom is 0.122 e. The normalized spacial score (nSPS) is 15.6. The molecule has 3 nitrogen and oxygen atoms in total. The summed E-state index contributed by atoms with van der Waals surface area (Å²) < 4.78 is 5.49. The second kappa shape index (κ2) is 5.32. The molecular formula is C13H20N2O. The lowest BCUT2D eigenvalue weighted by atomic mass is 10.0. The van der Waals surface area contributed by atoms with Gasteiger partial charge in [0.1, 0.15) is 5.75 Å². The Morgan fingerprint density at radius 1 is 1.50 bits per heavy atom. The van der Waals surface area contributed by atoms with Gasteiger partial charge in [0.05, 0.1) is 6.61 Å². The highest BCUT2D eigenvalue weighted by Gasteiger charge is 2.13. The Bertz CT molecular complexity index is 352. The van der Waals surface area contributed by atoms with Crippen molar-refractivity contribution in [1.82, 2.24) is 5.32 Å². The lowest BCUT2D eigenvalue weighted by molar-refractivity contribution is 0.356. The van der Waals surface area contributed by atoms with Crippen LogP contribution in [-0.2, 0) is 6.42 Å². The fourth-order valence-electron chi connectivity index (χ4n) is 2.01. The molecule has 1 atom stereocenters. The van der Waals surface area contributed by atoms with Crippen LogP contribution < -0.4 is 15.8 Å². The minimum Gasteiger partial charge on any atom is -0.493 e. The van der Waals surface area contributed by atoms with Gasteiger partial charge < -0.3 is 15.8 Å². The fourth-order valence-corrected chi connectivity index (χ4v) is 2.01. The van der Waals surface area contributed by atoms with E-state index in [4.69, 9.17) is 10.5 Å². The van der Waals surface area contributed by atoms with Gasteiger partial charge in [0, 0.05) is 12.5 Å². The van der Waals surface area contributed by atoms with E-state index in [0.717, 1.165) is 38.3 Å². The summed E-state index contributed by atoms with van der Waals surface area (Å²) >= 11 is 0. The monoisotopic (exact) mass is 220 g/mol. The van der Waals surface area contributed by atoms with Crippen molar-refractivity contribution in [3.8, 4) is 5.75 Å². The number of hydrogen-bond donors (Lipinski definition) is 2. The first-order valence-corrected chi connectivity index (χ1v) is 6.00. The van der Waals surface area contributed by atoms with Gasteiger partial charge in [0.2, 0.25) is 0 Å². The average molecular weight is 220 g/mol. The molecule has 0 saturated heterocycles. The minimum atomic E-state index is 0.387. The van der Waals surface area contributed by atoms with E-state index in [1.54, 1.807) is 0 Å². The molecule has 1 unspecified atom stereocenters. The lowest BCUT2D eigenvalue weighted by Crippen LogP contribution is -2.21. The van der Waals surface area contributed by atoms with Gasteiger partial charge in [-0.15, -0.1) is 0 Å². The summed E-state index contributed by atoms with van der Waals surface area (Å²) in [4.78, 5) is 0. The van der Waals surface area contributed by atoms with Crippen molar-refractivity contribution in [3.63, 3.8) is 0 Å². The van der Waals surface area contributed by atoms with Crippen LogP contribution in [0.4, 0.5) is 0 Å². The zero-order valence-electron chi connectivity index (χ0n) is 9.83. The van der Waals surface area contributed by atoms with E-state index in [-0.39, 0.29) is 0 Å². The number of hydrogen-bond acceptors (Lipinski definition) is 3. The predicted molar refractivity (Wildman–Crippen MR) is 65.7 cm³/mol. The summed E-state index contributed by atoms with van der Waals surface area (Å²) in [6.07, 6.45) is 2.07. The van der Waals surface area contributed by atoms with E-state index in [1.165, 1.54) is 11.1 Å². The molecule has 0 spiro atoms. The van der Waals surface area contributed by atoms with E-state index in [2.05, 4.69) is 30.4 Å². The van der Waals surface area contributed by atoms with Crippen LogP contribution in [0.3, 0.4) is 0 Å². The molecule has 0 saturated carbocycles. The van der Waals surface area contributed by atoms with Crippen molar-refractivity contribution >= 4 is 0 Å². The van der Waals surface area contributed by atoms with Crippen LogP contribution in [0, 0.1) is 0 Å². The van der Waals surface area contributed by atoms with Crippen molar-refractivity contribution in [2.75, 3.05) is 19.7 Å². The number of nitrogens with two attached hydrogens (primary N) is 1. The van der Waals surface area contributed by atoms with Crippen molar-refractivity contribution in [1.29, 1.82) is 0 Å². The lowest BCUT2D eigenvalue weighted by Gasteiger charge is -2.14. The van der Waals surface area contributed by atoms with E-state index in [0.29, 0.717) is 6.04 Å². The maximum absolute atomic E-state index is 5.49. The second-order valence-electron chi connectivity index (χ2n) is 4.28. The molecular weight excluding hydrogens is 200 g/mol. The number of nitrogens with one attached hydrogen (secondary N) is 1. The minimum absolute atomic E-state index is 0.387. The number of ether oxygens (including phenoxy) is 1. The number of benzene rings is 1. The molecule has 2 rings (SSSR count). The quantitative estimate of drug-likeness (QED) is 0.741. The SMILES string of the molecule is CC(NCCCN)c1ccc2c(c1)CCO2. The molecule has 0 fully saturated rings. The van der Waals surface area contributed by atoms with Crippen LogP contribution in [0.25, 0.3) is 0 Å². The first kappa shape index (κ1) is 11.4. The molecule has 1 aliphatic heterocycles.